The van der Waals surface area contributed by atoms with E-state index in [2.05, 4.69) is 0 Å². The van der Waals surface area contributed by atoms with E-state index in [1.165, 1.54) is 17.1 Å². The third-order valence-corrected chi connectivity index (χ3v) is 2.96. The quantitative estimate of drug-likeness (QED) is 0.851. The Morgan fingerprint density at radius 2 is 2.05 bits per heavy atom. The summed E-state index contributed by atoms with van der Waals surface area (Å²) in [6.45, 7) is 1.70. The Balaban J connectivity index is 2.82. The molecule has 1 aromatic carbocycles. The van der Waals surface area contributed by atoms with Crippen LogP contribution in [0.3, 0.4) is 0 Å². The molecule has 0 spiro atoms. The van der Waals surface area contributed by atoms with Gasteiger partial charge in [0.05, 0.1) is 0 Å². The van der Waals surface area contributed by atoms with Crippen molar-refractivity contribution in [3.05, 3.63) is 39.9 Å². The molecule has 4 nitrogen and oxygen atoms in total. The largest absolute Gasteiger partial charge is 0.480 e. The number of carbonyl (C=O) groups excluding carboxylic acids is 1. The van der Waals surface area contributed by atoms with E-state index in [9.17, 15) is 9.59 Å². The van der Waals surface area contributed by atoms with Crippen LogP contribution in [0.1, 0.15) is 12.5 Å². The van der Waals surface area contributed by atoms with Crippen molar-refractivity contribution in [3.63, 3.8) is 0 Å². The third kappa shape index (κ3) is 4.93. The molecule has 0 heterocycles. The Bertz CT molecular complexity index is 515. The lowest BCUT2D eigenvalue weighted by Gasteiger charge is -2.16. The van der Waals surface area contributed by atoms with Crippen LogP contribution >= 0.6 is 23.2 Å². The van der Waals surface area contributed by atoms with Gasteiger partial charge in [0.15, 0.2) is 0 Å². The number of amides is 1. The first-order chi connectivity index (χ1) is 8.93. The van der Waals surface area contributed by atoms with Crippen LogP contribution in [0.5, 0.6) is 0 Å². The fourth-order valence-electron chi connectivity index (χ4n) is 1.42. The molecule has 102 valence electrons. The van der Waals surface area contributed by atoms with Crippen molar-refractivity contribution in [3.8, 4) is 0 Å². The molecule has 0 fully saturated rings. The number of hydrogen-bond acceptors (Lipinski definition) is 2. The lowest BCUT2D eigenvalue weighted by molar-refractivity contribution is -0.142. The Morgan fingerprint density at radius 1 is 1.37 bits per heavy atom. The number of aliphatic carboxylic acids is 1. The number of rotatable bonds is 5. The first-order valence-electron chi connectivity index (χ1n) is 5.58. The minimum atomic E-state index is -1.05. The molecule has 0 unspecified atom stereocenters. The van der Waals surface area contributed by atoms with Gasteiger partial charge < -0.3 is 10.0 Å². The average molecular weight is 302 g/mol. The predicted octanol–water partition coefficient (Wildman–Crippen LogP) is 2.94. The van der Waals surface area contributed by atoms with Gasteiger partial charge in [-0.3, -0.25) is 9.59 Å². The van der Waals surface area contributed by atoms with Crippen LogP contribution in [-0.4, -0.2) is 35.0 Å². The molecule has 6 heteroatoms. The van der Waals surface area contributed by atoms with Crippen molar-refractivity contribution in [2.24, 2.45) is 0 Å². The van der Waals surface area contributed by atoms with Crippen molar-refractivity contribution in [2.45, 2.75) is 6.92 Å². The van der Waals surface area contributed by atoms with Crippen LogP contribution < -0.4 is 0 Å². The lowest BCUT2D eigenvalue weighted by Crippen LogP contribution is -2.34. The molecule has 0 aromatic heterocycles. The third-order valence-electron chi connectivity index (χ3n) is 2.38. The van der Waals surface area contributed by atoms with Gasteiger partial charge in [-0.25, -0.2) is 0 Å². The molecule has 1 rings (SSSR count). The van der Waals surface area contributed by atoms with Gasteiger partial charge >= 0.3 is 5.97 Å². The van der Waals surface area contributed by atoms with E-state index in [1.54, 1.807) is 25.1 Å². The molecule has 1 aromatic rings. The van der Waals surface area contributed by atoms with Crippen LogP contribution in [0.15, 0.2) is 24.3 Å². The average Bonchev–Trinajstić information content (AvgIpc) is 2.36. The van der Waals surface area contributed by atoms with Crippen LogP contribution in [-0.2, 0) is 9.59 Å². The lowest BCUT2D eigenvalue weighted by atomic mass is 10.2. The van der Waals surface area contributed by atoms with Crippen molar-refractivity contribution < 1.29 is 14.7 Å². The van der Waals surface area contributed by atoms with E-state index >= 15 is 0 Å². The Hall–Kier alpha value is -1.52. The molecule has 0 aliphatic carbocycles. The number of carbonyl (C=O) groups is 2. The van der Waals surface area contributed by atoms with Crippen molar-refractivity contribution >= 4 is 41.2 Å². The molecule has 0 bridgehead atoms. The molecular weight excluding hydrogens is 289 g/mol. The van der Waals surface area contributed by atoms with Gasteiger partial charge in [0.2, 0.25) is 5.91 Å². The van der Waals surface area contributed by atoms with Gasteiger partial charge in [-0.05, 0) is 36.8 Å². The van der Waals surface area contributed by atoms with E-state index in [-0.39, 0.29) is 12.5 Å². The number of hydrogen-bond donors (Lipinski definition) is 1. The highest BCUT2D eigenvalue weighted by Gasteiger charge is 2.11. The summed E-state index contributed by atoms with van der Waals surface area (Å²) in [5, 5.41) is 9.65. The highest BCUT2D eigenvalue weighted by molar-refractivity contribution is 6.34. The topological polar surface area (TPSA) is 57.6 Å². The molecule has 19 heavy (non-hydrogen) atoms. The Morgan fingerprint density at radius 3 is 2.63 bits per heavy atom. The smallest absolute Gasteiger partial charge is 0.323 e. The van der Waals surface area contributed by atoms with Gasteiger partial charge in [0.25, 0.3) is 0 Å². The summed E-state index contributed by atoms with van der Waals surface area (Å²) in [6, 6.07) is 4.90. The number of carboxylic acids is 1. The monoisotopic (exact) mass is 301 g/mol. The maximum Gasteiger partial charge on any atom is 0.323 e. The summed E-state index contributed by atoms with van der Waals surface area (Å²) < 4.78 is 0. The number of benzene rings is 1. The highest BCUT2D eigenvalue weighted by Crippen LogP contribution is 2.21. The van der Waals surface area contributed by atoms with Gasteiger partial charge in [-0.2, -0.15) is 0 Å². The normalized spacial score (nSPS) is 10.7. The molecule has 0 saturated heterocycles. The summed E-state index contributed by atoms with van der Waals surface area (Å²) in [4.78, 5) is 23.6. The fraction of sp³-hybridized carbons (Fsp3) is 0.231. The zero-order valence-electron chi connectivity index (χ0n) is 10.3. The van der Waals surface area contributed by atoms with Gasteiger partial charge in [-0.15, -0.1) is 0 Å². The van der Waals surface area contributed by atoms with Crippen molar-refractivity contribution in [2.75, 3.05) is 13.1 Å². The van der Waals surface area contributed by atoms with Crippen LogP contribution in [0.25, 0.3) is 6.08 Å². The van der Waals surface area contributed by atoms with Gasteiger partial charge in [-0.1, -0.05) is 23.2 Å². The van der Waals surface area contributed by atoms with Crippen molar-refractivity contribution in [1.29, 1.82) is 0 Å². The van der Waals surface area contributed by atoms with Gasteiger partial charge in [0, 0.05) is 22.7 Å². The first-order valence-corrected chi connectivity index (χ1v) is 6.33. The van der Waals surface area contributed by atoms with Gasteiger partial charge in [0.1, 0.15) is 6.54 Å². The first kappa shape index (κ1) is 15.5. The zero-order valence-corrected chi connectivity index (χ0v) is 11.8. The maximum absolute atomic E-state index is 11.8. The van der Waals surface area contributed by atoms with E-state index in [1.807, 2.05) is 0 Å². The molecule has 0 aliphatic heterocycles. The number of likely N-dealkylation sites (N-methyl/N-ethyl adjacent to an activating group) is 1. The van der Waals surface area contributed by atoms with Crippen LogP contribution in [0.4, 0.5) is 0 Å². The second-order valence-corrected chi connectivity index (χ2v) is 4.59. The molecule has 0 atom stereocenters. The summed E-state index contributed by atoms with van der Waals surface area (Å²) in [5.41, 5.74) is 0.605. The van der Waals surface area contributed by atoms with E-state index in [4.69, 9.17) is 28.3 Å². The predicted molar refractivity (Wildman–Crippen MR) is 75.4 cm³/mol. The molecule has 0 aliphatic rings. The Labute approximate surface area is 121 Å². The van der Waals surface area contributed by atoms with Crippen LogP contribution in [0.2, 0.25) is 10.0 Å². The van der Waals surface area contributed by atoms with E-state index in [0.717, 1.165) is 0 Å². The SMILES string of the molecule is CCN(CC(=O)O)C(=O)/C=C/c1cc(Cl)ccc1Cl. The fourth-order valence-corrected chi connectivity index (χ4v) is 1.78. The maximum atomic E-state index is 11.8. The summed E-state index contributed by atoms with van der Waals surface area (Å²) in [7, 11) is 0. The zero-order chi connectivity index (χ0) is 14.4. The second-order valence-electron chi connectivity index (χ2n) is 3.75. The van der Waals surface area contributed by atoms with Crippen molar-refractivity contribution in [1.82, 2.24) is 4.90 Å². The molecule has 1 amide bonds. The molecule has 0 radical (unpaired) electrons. The number of halogens is 2. The molecule has 1 N–H and O–H groups in total. The number of nitrogens with zero attached hydrogens (tertiary/aromatic N) is 1. The summed E-state index contributed by atoms with van der Waals surface area (Å²) >= 11 is 11.8. The summed E-state index contributed by atoms with van der Waals surface area (Å²) in [6.07, 6.45) is 2.80. The summed E-state index contributed by atoms with van der Waals surface area (Å²) in [5.74, 6) is -1.44. The number of carboxylic acid groups (broad SMARTS) is 1. The Kier molecular flexibility index (Phi) is 5.86. The minimum absolute atomic E-state index is 0.318. The second kappa shape index (κ2) is 7.16. The van der Waals surface area contributed by atoms with E-state index < -0.39 is 5.97 Å². The standard InChI is InChI=1S/C13H13Cl2NO3/c1-2-16(8-13(18)19)12(17)6-3-9-7-10(14)4-5-11(9)15/h3-7H,2,8H2,1H3,(H,18,19)/b6-3+. The highest BCUT2D eigenvalue weighted by atomic mass is 35.5. The molecule has 0 saturated carbocycles. The van der Waals surface area contributed by atoms with Crippen LogP contribution in [0, 0.1) is 0 Å². The van der Waals surface area contributed by atoms with E-state index in [0.29, 0.717) is 22.2 Å². The minimum Gasteiger partial charge on any atom is -0.480 e. The molecular formula is C13H13Cl2NO3.